The summed E-state index contributed by atoms with van der Waals surface area (Å²) in [5.74, 6) is 0.0527. The zero-order valence-electron chi connectivity index (χ0n) is 14.8. The molecule has 0 aromatic heterocycles. The lowest BCUT2D eigenvalue weighted by Gasteiger charge is -2.14. The van der Waals surface area contributed by atoms with Crippen LogP contribution in [0.5, 0.6) is 5.75 Å². The van der Waals surface area contributed by atoms with Gasteiger partial charge in [-0.25, -0.2) is 13.2 Å². The standard InChI is InChI=1S/C18H21NO6S/c1-14-7-9-16(10-8-14)24-11-12-25-18(20)15-5-4-6-17(13-15)26(21,22)19(2)23-3/h4-10,13H,11-12H2,1-3H3. The largest absolute Gasteiger partial charge is 0.490 e. The van der Waals surface area contributed by atoms with Gasteiger partial charge in [0, 0.05) is 7.05 Å². The van der Waals surface area contributed by atoms with Crippen LogP contribution >= 0.6 is 0 Å². The number of aryl methyl sites for hydroxylation is 1. The van der Waals surface area contributed by atoms with Crippen molar-refractivity contribution in [3.05, 3.63) is 59.7 Å². The van der Waals surface area contributed by atoms with Crippen molar-refractivity contribution in [1.29, 1.82) is 0 Å². The molecule has 0 bridgehead atoms. The quantitative estimate of drug-likeness (QED) is 0.398. The van der Waals surface area contributed by atoms with Crippen molar-refractivity contribution in [1.82, 2.24) is 4.47 Å². The van der Waals surface area contributed by atoms with Crippen LogP contribution in [0.15, 0.2) is 53.4 Å². The van der Waals surface area contributed by atoms with Crippen LogP contribution in [0.2, 0.25) is 0 Å². The van der Waals surface area contributed by atoms with Crippen molar-refractivity contribution < 1.29 is 27.5 Å². The average molecular weight is 379 g/mol. The van der Waals surface area contributed by atoms with Crippen LogP contribution in [0.25, 0.3) is 0 Å². The molecule has 2 aromatic carbocycles. The Morgan fingerprint density at radius 1 is 1.08 bits per heavy atom. The molecule has 0 spiro atoms. The summed E-state index contributed by atoms with van der Waals surface area (Å²) in [5, 5.41) is 0. The predicted molar refractivity (Wildman–Crippen MR) is 95.4 cm³/mol. The zero-order valence-corrected chi connectivity index (χ0v) is 15.7. The van der Waals surface area contributed by atoms with Gasteiger partial charge in [0.2, 0.25) is 0 Å². The van der Waals surface area contributed by atoms with E-state index in [0.29, 0.717) is 10.2 Å². The van der Waals surface area contributed by atoms with Gasteiger partial charge in [-0.3, -0.25) is 4.84 Å². The number of benzene rings is 2. The average Bonchev–Trinajstić information content (AvgIpc) is 2.65. The fourth-order valence-corrected chi connectivity index (χ4v) is 3.06. The van der Waals surface area contributed by atoms with Gasteiger partial charge in [-0.15, -0.1) is 0 Å². The Labute approximate surface area is 153 Å². The number of carbonyl (C=O) groups excluding carboxylic acids is 1. The van der Waals surface area contributed by atoms with Crippen molar-refractivity contribution in [3.8, 4) is 5.75 Å². The fourth-order valence-electron chi connectivity index (χ4n) is 2.04. The van der Waals surface area contributed by atoms with Gasteiger partial charge in [-0.1, -0.05) is 28.2 Å². The van der Waals surface area contributed by atoms with Crippen LogP contribution < -0.4 is 4.74 Å². The highest BCUT2D eigenvalue weighted by Crippen LogP contribution is 2.17. The maximum absolute atomic E-state index is 12.2. The summed E-state index contributed by atoms with van der Waals surface area (Å²) in [6.07, 6.45) is 0. The minimum Gasteiger partial charge on any atom is -0.490 e. The molecule has 0 amide bonds. The molecule has 2 rings (SSSR count). The summed E-state index contributed by atoms with van der Waals surface area (Å²) in [6.45, 7) is 2.21. The molecule has 0 aliphatic carbocycles. The summed E-state index contributed by atoms with van der Waals surface area (Å²) in [6, 6.07) is 13.1. The topological polar surface area (TPSA) is 82.1 Å². The molecule has 0 saturated carbocycles. The molecule has 0 N–H and O–H groups in total. The molecule has 0 aliphatic rings. The molecule has 0 saturated heterocycles. The van der Waals surface area contributed by atoms with Crippen LogP contribution in [0.3, 0.4) is 0 Å². The van der Waals surface area contributed by atoms with Crippen LogP contribution in [0.1, 0.15) is 15.9 Å². The number of ether oxygens (including phenoxy) is 2. The Kier molecular flexibility index (Phi) is 6.73. The number of rotatable bonds is 8. The van der Waals surface area contributed by atoms with Gasteiger partial charge in [0.15, 0.2) is 0 Å². The summed E-state index contributed by atoms with van der Waals surface area (Å²) in [7, 11) is -1.32. The molecule has 0 atom stereocenters. The molecule has 0 fully saturated rings. The maximum atomic E-state index is 12.2. The molecule has 140 valence electrons. The molecule has 0 radical (unpaired) electrons. The van der Waals surface area contributed by atoms with E-state index in [-0.39, 0.29) is 23.7 Å². The van der Waals surface area contributed by atoms with Crippen molar-refractivity contribution >= 4 is 16.0 Å². The molecular formula is C18H21NO6S. The van der Waals surface area contributed by atoms with E-state index in [9.17, 15) is 13.2 Å². The van der Waals surface area contributed by atoms with Gasteiger partial charge >= 0.3 is 5.97 Å². The normalized spacial score (nSPS) is 11.4. The lowest BCUT2D eigenvalue weighted by molar-refractivity contribution is -0.0258. The lowest BCUT2D eigenvalue weighted by Crippen LogP contribution is -2.26. The van der Waals surface area contributed by atoms with Gasteiger partial charge in [0.1, 0.15) is 19.0 Å². The Hall–Kier alpha value is -2.42. The third-order valence-electron chi connectivity index (χ3n) is 3.57. The highest BCUT2D eigenvalue weighted by molar-refractivity contribution is 7.89. The van der Waals surface area contributed by atoms with Crippen LogP contribution in [-0.4, -0.2) is 46.2 Å². The Morgan fingerprint density at radius 3 is 2.42 bits per heavy atom. The van der Waals surface area contributed by atoms with E-state index in [0.717, 1.165) is 5.56 Å². The minimum absolute atomic E-state index is 0.0433. The maximum Gasteiger partial charge on any atom is 0.338 e. The first-order valence-electron chi connectivity index (χ1n) is 7.84. The number of carbonyl (C=O) groups is 1. The Morgan fingerprint density at radius 2 is 1.77 bits per heavy atom. The monoisotopic (exact) mass is 379 g/mol. The number of hydrogen-bond acceptors (Lipinski definition) is 6. The summed E-state index contributed by atoms with van der Waals surface area (Å²) in [4.78, 5) is 16.8. The van der Waals surface area contributed by atoms with Crippen LogP contribution in [-0.2, 0) is 19.6 Å². The molecule has 0 aliphatic heterocycles. The number of hydroxylamine groups is 1. The second-order valence-electron chi connectivity index (χ2n) is 5.42. The van der Waals surface area contributed by atoms with Gasteiger partial charge in [-0.05, 0) is 37.3 Å². The van der Waals surface area contributed by atoms with Crippen molar-refractivity contribution in [3.63, 3.8) is 0 Å². The number of esters is 1. The zero-order chi connectivity index (χ0) is 19.2. The van der Waals surface area contributed by atoms with E-state index in [1.165, 1.54) is 38.4 Å². The van der Waals surface area contributed by atoms with E-state index in [1.807, 2.05) is 31.2 Å². The summed E-state index contributed by atoms with van der Waals surface area (Å²) >= 11 is 0. The van der Waals surface area contributed by atoms with Crippen molar-refractivity contribution in [2.45, 2.75) is 11.8 Å². The molecule has 0 heterocycles. The molecule has 0 unspecified atom stereocenters. The fraction of sp³-hybridized carbons (Fsp3) is 0.278. The first-order chi connectivity index (χ1) is 12.3. The highest BCUT2D eigenvalue weighted by Gasteiger charge is 2.22. The summed E-state index contributed by atoms with van der Waals surface area (Å²) in [5.41, 5.74) is 1.25. The minimum atomic E-state index is -3.83. The third-order valence-corrected chi connectivity index (χ3v) is 5.25. The van der Waals surface area contributed by atoms with E-state index in [4.69, 9.17) is 14.3 Å². The van der Waals surface area contributed by atoms with E-state index >= 15 is 0 Å². The first kappa shape index (κ1) is 19.9. The molecular weight excluding hydrogens is 358 g/mol. The van der Waals surface area contributed by atoms with E-state index in [2.05, 4.69) is 0 Å². The molecule has 7 nitrogen and oxygen atoms in total. The Bertz CT molecular complexity index is 848. The number of nitrogens with zero attached hydrogens (tertiary/aromatic N) is 1. The molecule has 8 heteroatoms. The second kappa shape index (κ2) is 8.79. The summed E-state index contributed by atoms with van der Waals surface area (Å²) < 4.78 is 35.7. The highest BCUT2D eigenvalue weighted by atomic mass is 32.2. The second-order valence-corrected chi connectivity index (χ2v) is 7.36. The van der Waals surface area contributed by atoms with Gasteiger partial charge in [-0.2, -0.15) is 0 Å². The van der Waals surface area contributed by atoms with Crippen LogP contribution in [0.4, 0.5) is 0 Å². The predicted octanol–water partition coefficient (Wildman–Crippen LogP) is 2.41. The van der Waals surface area contributed by atoms with Gasteiger partial charge in [0.05, 0.1) is 17.6 Å². The van der Waals surface area contributed by atoms with Crippen LogP contribution in [0, 0.1) is 6.92 Å². The van der Waals surface area contributed by atoms with Crippen molar-refractivity contribution in [2.24, 2.45) is 0 Å². The number of hydrogen-bond donors (Lipinski definition) is 0. The molecule has 26 heavy (non-hydrogen) atoms. The van der Waals surface area contributed by atoms with Gasteiger partial charge in [0.25, 0.3) is 10.0 Å². The Balaban J connectivity index is 1.93. The van der Waals surface area contributed by atoms with Gasteiger partial charge < -0.3 is 9.47 Å². The SMILES string of the molecule is CON(C)S(=O)(=O)c1cccc(C(=O)OCCOc2ccc(C)cc2)c1. The number of sulfonamides is 1. The smallest absolute Gasteiger partial charge is 0.338 e. The van der Waals surface area contributed by atoms with E-state index < -0.39 is 16.0 Å². The van der Waals surface area contributed by atoms with E-state index in [1.54, 1.807) is 0 Å². The van der Waals surface area contributed by atoms with Crippen molar-refractivity contribution in [2.75, 3.05) is 27.4 Å². The third kappa shape index (κ3) is 5.04. The molecule has 2 aromatic rings. The first-order valence-corrected chi connectivity index (χ1v) is 9.28. The lowest BCUT2D eigenvalue weighted by atomic mass is 10.2.